The maximum absolute atomic E-state index is 11.0. The van der Waals surface area contributed by atoms with Gasteiger partial charge in [0, 0.05) is 19.0 Å². The van der Waals surface area contributed by atoms with E-state index in [-0.39, 0.29) is 5.92 Å². The highest BCUT2D eigenvalue weighted by atomic mass is 16.5. The van der Waals surface area contributed by atoms with E-state index in [0.29, 0.717) is 13.2 Å². The quantitative estimate of drug-likeness (QED) is 0.531. The summed E-state index contributed by atoms with van der Waals surface area (Å²) in [5, 5.41) is 5.49. The molecule has 1 aromatic carbocycles. The van der Waals surface area contributed by atoms with Crippen LogP contribution in [-0.2, 0) is 11.3 Å². The number of anilines is 1. The van der Waals surface area contributed by atoms with Crippen molar-refractivity contribution >= 4 is 23.1 Å². The molecule has 168 valence electrons. The molecule has 31 heavy (non-hydrogen) atoms. The summed E-state index contributed by atoms with van der Waals surface area (Å²) in [6.07, 6.45) is 6.24. The number of piperidine rings is 1. The molecule has 1 saturated heterocycles. The summed E-state index contributed by atoms with van der Waals surface area (Å²) in [5.74, 6) is 1.93. The number of benzene rings is 1. The highest BCUT2D eigenvalue weighted by Crippen LogP contribution is 2.27. The van der Waals surface area contributed by atoms with Gasteiger partial charge in [-0.15, -0.1) is 0 Å². The predicted octanol–water partition coefficient (Wildman–Crippen LogP) is 4.74. The van der Waals surface area contributed by atoms with Gasteiger partial charge >= 0.3 is 0 Å². The van der Waals surface area contributed by atoms with Gasteiger partial charge in [-0.3, -0.25) is 0 Å². The lowest BCUT2D eigenvalue weighted by atomic mass is 9.98. The molecule has 1 fully saturated rings. The van der Waals surface area contributed by atoms with Gasteiger partial charge in [-0.05, 0) is 37.5 Å². The smallest absolute Gasteiger partial charge is 0.163 e. The third-order valence-corrected chi connectivity index (χ3v) is 4.99. The van der Waals surface area contributed by atoms with E-state index in [2.05, 4.69) is 26.0 Å². The minimum atomic E-state index is 0.166. The molecule has 0 unspecified atom stereocenters. The SMILES string of the molecule is CC.CC.CCOc1cccc(Cn2ncc3c(N4CCC(C=O)CC4)ncnc32)c1. The Morgan fingerprint density at radius 2 is 1.87 bits per heavy atom. The Bertz CT molecular complexity index is 933. The van der Waals surface area contributed by atoms with Crippen LogP contribution in [0.2, 0.25) is 0 Å². The fourth-order valence-corrected chi connectivity index (χ4v) is 3.57. The average molecular weight is 426 g/mol. The van der Waals surface area contributed by atoms with Gasteiger partial charge in [0.15, 0.2) is 5.65 Å². The molecule has 0 saturated carbocycles. The summed E-state index contributed by atoms with van der Waals surface area (Å²) in [4.78, 5) is 22.2. The fourth-order valence-electron chi connectivity index (χ4n) is 3.57. The predicted molar refractivity (Wildman–Crippen MR) is 126 cm³/mol. The highest BCUT2D eigenvalue weighted by molar-refractivity contribution is 5.86. The minimum absolute atomic E-state index is 0.166. The number of hydrogen-bond donors (Lipinski definition) is 0. The Hall–Kier alpha value is -2.96. The summed E-state index contributed by atoms with van der Waals surface area (Å²) >= 11 is 0. The van der Waals surface area contributed by atoms with Crippen molar-refractivity contribution in [3.8, 4) is 5.75 Å². The Morgan fingerprint density at radius 3 is 2.55 bits per heavy atom. The molecule has 0 aliphatic carbocycles. The highest BCUT2D eigenvalue weighted by Gasteiger charge is 2.22. The summed E-state index contributed by atoms with van der Waals surface area (Å²) < 4.78 is 7.48. The zero-order valence-corrected chi connectivity index (χ0v) is 19.4. The Labute approximate surface area is 185 Å². The van der Waals surface area contributed by atoms with E-state index in [0.717, 1.165) is 60.4 Å². The van der Waals surface area contributed by atoms with Gasteiger partial charge in [0.05, 0.1) is 24.7 Å². The fraction of sp³-hybridized carbons (Fsp3) is 0.500. The first kappa shape index (κ1) is 24.3. The number of hydrogen-bond acceptors (Lipinski definition) is 6. The molecule has 7 nitrogen and oxygen atoms in total. The van der Waals surface area contributed by atoms with E-state index in [1.165, 1.54) is 0 Å². The van der Waals surface area contributed by atoms with Gasteiger partial charge in [-0.1, -0.05) is 39.8 Å². The van der Waals surface area contributed by atoms with Crippen molar-refractivity contribution in [2.75, 3.05) is 24.6 Å². The molecule has 3 heterocycles. The molecule has 1 aliphatic rings. The largest absolute Gasteiger partial charge is 0.494 e. The van der Waals surface area contributed by atoms with Gasteiger partial charge in [0.1, 0.15) is 24.2 Å². The van der Waals surface area contributed by atoms with Gasteiger partial charge in [-0.25, -0.2) is 14.6 Å². The second-order valence-electron chi connectivity index (χ2n) is 6.78. The molecule has 0 amide bonds. The van der Waals surface area contributed by atoms with Crippen molar-refractivity contribution in [3.63, 3.8) is 0 Å². The van der Waals surface area contributed by atoms with Crippen LogP contribution in [-0.4, -0.2) is 45.7 Å². The Morgan fingerprint density at radius 1 is 1.13 bits per heavy atom. The van der Waals surface area contributed by atoms with Crippen molar-refractivity contribution in [1.29, 1.82) is 0 Å². The molecule has 0 radical (unpaired) electrons. The standard InChI is InChI=1S/C20H23N5O2.2C2H6/c1-2-27-17-5-3-4-16(10-17)12-25-20-18(11-23-25)19(21-14-22-20)24-8-6-15(13-26)7-9-24;2*1-2/h3-5,10-11,13-15H,2,6-9,12H2,1H3;2*1-2H3. The first-order valence-corrected chi connectivity index (χ1v) is 11.4. The van der Waals surface area contributed by atoms with Gasteiger partial charge < -0.3 is 14.4 Å². The molecule has 0 atom stereocenters. The van der Waals surface area contributed by atoms with Crippen LogP contribution in [0, 0.1) is 5.92 Å². The van der Waals surface area contributed by atoms with Crippen LogP contribution >= 0.6 is 0 Å². The van der Waals surface area contributed by atoms with Gasteiger partial charge in [0.2, 0.25) is 0 Å². The molecule has 4 rings (SSSR count). The number of ether oxygens (including phenoxy) is 1. The molecule has 1 aliphatic heterocycles. The molecule has 2 aromatic heterocycles. The van der Waals surface area contributed by atoms with Crippen LogP contribution in [0.15, 0.2) is 36.8 Å². The minimum Gasteiger partial charge on any atom is -0.494 e. The summed E-state index contributed by atoms with van der Waals surface area (Å²) in [6, 6.07) is 8.03. The zero-order valence-electron chi connectivity index (χ0n) is 19.4. The molecular weight excluding hydrogens is 390 g/mol. The Balaban J connectivity index is 0.000000807. The van der Waals surface area contributed by atoms with Crippen LogP contribution in [0.25, 0.3) is 11.0 Å². The number of nitrogens with zero attached hydrogens (tertiary/aromatic N) is 5. The second-order valence-corrected chi connectivity index (χ2v) is 6.78. The number of aromatic nitrogens is 4. The first-order chi connectivity index (χ1) is 15.3. The number of carbonyl (C=O) groups excluding carboxylic acids is 1. The lowest BCUT2D eigenvalue weighted by Gasteiger charge is -2.30. The normalized spacial score (nSPS) is 13.6. The van der Waals surface area contributed by atoms with Gasteiger partial charge in [0.25, 0.3) is 0 Å². The molecule has 0 bridgehead atoms. The lowest BCUT2D eigenvalue weighted by Crippen LogP contribution is -2.34. The second kappa shape index (κ2) is 12.7. The van der Waals surface area contributed by atoms with Crippen LogP contribution < -0.4 is 9.64 Å². The van der Waals surface area contributed by atoms with Crippen LogP contribution in [0.5, 0.6) is 5.75 Å². The molecule has 3 aromatic rings. The number of fused-ring (bicyclic) bond motifs is 1. The summed E-state index contributed by atoms with van der Waals surface area (Å²) in [6.45, 7) is 12.9. The third-order valence-electron chi connectivity index (χ3n) is 4.99. The van der Waals surface area contributed by atoms with E-state index in [9.17, 15) is 4.79 Å². The van der Waals surface area contributed by atoms with Crippen LogP contribution in [0.4, 0.5) is 5.82 Å². The molecule has 0 N–H and O–H groups in total. The topological polar surface area (TPSA) is 73.1 Å². The van der Waals surface area contributed by atoms with E-state index in [1.807, 2.05) is 63.7 Å². The van der Waals surface area contributed by atoms with Crippen molar-refractivity contribution in [1.82, 2.24) is 19.7 Å². The molecular formula is C24H35N5O2. The van der Waals surface area contributed by atoms with E-state index < -0.39 is 0 Å². The molecule has 7 heteroatoms. The lowest BCUT2D eigenvalue weighted by molar-refractivity contribution is -0.111. The van der Waals surface area contributed by atoms with Crippen molar-refractivity contribution < 1.29 is 9.53 Å². The average Bonchev–Trinajstić information content (AvgIpc) is 3.25. The number of rotatable bonds is 6. The van der Waals surface area contributed by atoms with E-state index >= 15 is 0 Å². The number of aldehydes is 1. The van der Waals surface area contributed by atoms with Gasteiger partial charge in [-0.2, -0.15) is 5.10 Å². The summed E-state index contributed by atoms with van der Waals surface area (Å²) in [5.41, 5.74) is 1.93. The number of carbonyl (C=O) groups is 1. The van der Waals surface area contributed by atoms with E-state index in [1.54, 1.807) is 6.33 Å². The Kier molecular flexibility index (Phi) is 9.94. The third kappa shape index (κ3) is 6.03. The van der Waals surface area contributed by atoms with Crippen LogP contribution in [0.1, 0.15) is 53.0 Å². The van der Waals surface area contributed by atoms with Crippen molar-refractivity contribution in [2.24, 2.45) is 5.92 Å². The van der Waals surface area contributed by atoms with E-state index in [4.69, 9.17) is 4.74 Å². The van der Waals surface area contributed by atoms with Crippen molar-refractivity contribution in [2.45, 2.75) is 54.0 Å². The first-order valence-electron chi connectivity index (χ1n) is 11.4. The maximum atomic E-state index is 11.0. The monoisotopic (exact) mass is 425 g/mol. The maximum Gasteiger partial charge on any atom is 0.163 e. The van der Waals surface area contributed by atoms with Crippen molar-refractivity contribution in [3.05, 3.63) is 42.4 Å². The van der Waals surface area contributed by atoms with Crippen LogP contribution in [0.3, 0.4) is 0 Å². The zero-order chi connectivity index (χ0) is 22.6. The molecule has 0 spiro atoms. The summed E-state index contributed by atoms with van der Waals surface area (Å²) in [7, 11) is 0.